The van der Waals surface area contributed by atoms with Gasteiger partial charge in [0, 0.05) is 24.3 Å². The predicted molar refractivity (Wildman–Crippen MR) is 135 cm³/mol. The predicted octanol–water partition coefficient (Wildman–Crippen LogP) is 2.65. The van der Waals surface area contributed by atoms with Gasteiger partial charge in [0.2, 0.25) is 0 Å². The van der Waals surface area contributed by atoms with Crippen molar-refractivity contribution in [3.63, 3.8) is 0 Å². The van der Waals surface area contributed by atoms with Crippen molar-refractivity contribution < 1.29 is 4.79 Å². The van der Waals surface area contributed by atoms with E-state index in [0.29, 0.717) is 28.6 Å². The highest BCUT2D eigenvalue weighted by molar-refractivity contribution is 6.03. The first-order chi connectivity index (χ1) is 16.4. The number of aromatic nitrogens is 3. The number of anilines is 3. The highest BCUT2D eigenvalue weighted by Gasteiger charge is 2.32. The number of carbonyl (C=O) groups excluding carboxylic acids is 1. The minimum absolute atomic E-state index is 0.231. The number of nitrogens with two attached hydrogens (primary N) is 2. The Morgan fingerprint density at radius 3 is 2.71 bits per heavy atom. The summed E-state index contributed by atoms with van der Waals surface area (Å²) in [6, 6.07) is 11.3. The lowest BCUT2D eigenvalue weighted by molar-refractivity contribution is 0.102. The van der Waals surface area contributed by atoms with Crippen LogP contribution in [0.2, 0.25) is 0 Å². The Bertz CT molecular complexity index is 1140. The van der Waals surface area contributed by atoms with Gasteiger partial charge in [-0.05, 0) is 61.7 Å². The van der Waals surface area contributed by atoms with Crippen LogP contribution in [-0.2, 0) is 12.0 Å². The number of aryl methyl sites for hydroxylation is 1. The first kappa shape index (κ1) is 23.6. The molecule has 1 aliphatic heterocycles. The quantitative estimate of drug-likeness (QED) is 0.345. The molecule has 0 bridgehead atoms. The second-order valence-corrected chi connectivity index (χ2v) is 8.85. The molecule has 7 N–H and O–H groups in total. The Balaban J connectivity index is 1.54. The lowest BCUT2D eigenvalue weighted by Crippen LogP contribution is -2.37. The van der Waals surface area contributed by atoms with Crippen LogP contribution in [0.15, 0.2) is 48.9 Å². The summed E-state index contributed by atoms with van der Waals surface area (Å²) in [6.07, 6.45) is 6.11. The van der Waals surface area contributed by atoms with E-state index in [0.717, 1.165) is 43.5 Å². The minimum Gasteiger partial charge on any atom is -0.383 e. The van der Waals surface area contributed by atoms with Crippen molar-refractivity contribution in [2.75, 3.05) is 29.5 Å². The zero-order valence-electron chi connectivity index (χ0n) is 19.6. The Morgan fingerprint density at radius 1 is 1.21 bits per heavy atom. The second-order valence-electron chi connectivity index (χ2n) is 8.85. The maximum atomic E-state index is 12.8. The highest BCUT2D eigenvalue weighted by Crippen LogP contribution is 2.34. The molecule has 0 aliphatic carbocycles. The van der Waals surface area contributed by atoms with Crippen LogP contribution in [0.3, 0.4) is 0 Å². The molecule has 1 fully saturated rings. The minimum atomic E-state index is -0.968. The zero-order valence-corrected chi connectivity index (χ0v) is 19.6. The maximum absolute atomic E-state index is 12.8. The van der Waals surface area contributed by atoms with Gasteiger partial charge in [0.25, 0.3) is 5.91 Å². The van der Waals surface area contributed by atoms with Crippen molar-refractivity contribution in [1.29, 1.82) is 0 Å². The molecular formula is C25H32N8O. The molecule has 3 heterocycles. The number of benzene rings is 1. The van der Waals surface area contributed by atoms with Gasteiger partial charge < -0.3 is 27.4 Å². The number of pyridine rings is 1. The molecule has 2 aromatic heterocycles. The molecule has 3 aromatic rings. The van der Waals surface area contributed by atoms with E-state index in [1.54, 1.807) is 18.3 Å². The van der Waals surface area contributed by atoms with E-state index in [9.17, 15) is 4.79 Å². The number of nitrogens with one attached hydrogen (secondary N) is 3. The Kier molecular flexibility index (Phi) is 7.04. The van der Waals surface area contributed by atoms with E-state index >= 15 is 0 Å². The summed E-state index contributed by atoms with van der Waals surface area (Å²) in [7, 11) is 0. The van der Waals surface area contributed by atoms with Gasteiger partial charge in [0.1, 0.15) is 23.8 Å². The highest BCUT2D eigenvalue weighted by atomic mass is 16.1. The topological polar surface area (TPSA) is 144 Å². The number of hydrogen-bond donors (Lipinski definition) is 5. The average molecular weight is 461 g/mol. The van der Waals surface area contributed by atoms with E-state index in [4.69, 9.17) is 11.5 Å². The molecule has 1 aromatic carbocycles. The zero-order chi connectivity index (χ0) is 24.1. The van der Waals surface area contributed by atoms with Crippen molar-refractivity contribution in [3.05, 3.63) is 71.2 Å². The number of carbonyl (C=O) groups is 1. The van der Waals surface area contributed by atoms with Crippen LogP contribution >= 0.6 is 0 Å². The largest absolute Gasteiger partial charge is 0.383 e. The molecule has 9 heteroatoms. The number of rotatable bonds is 8. The monoisotopic (exact) mass is 460 g/mol. The fourth-order valence-electron chi connectivity index (χ4n) is 4.28. The maximum Gasteiger partial charge on any atom is 0.256 e. The van der Waals surface area contributed by atoms with E-state index in [-0.39, 0.29) is 11.9 Å². The van der Waals surface area contributed by atoms with Gasteiger partial charge in [0.15, 0.2) is 0 Å². The summed E-state index contributed by atoms with van der Waals surface area (Å²) in [5.41, 5.74) is 15.2. The molecule has 0 saturated carbocycles. The number of nitrogens with zero attached hydrogens (tertiary/aromatic N) is 3. The molecule has 1 aliphatic rings. The van der Waals surface area contributed by atoms with E-state index in [2.05, 4.69) is 37.8 Å². The van der Waals surface area contributed by atoms with Crippen LogP contribution in [-0.4, -0.2) is 40.0 Å². The van der Waals surface area contributed by atoms with Crippen molar-refractivity contribution >= 4 is 23.4 Å². The summed E-state index contributed by atoms with van der Waals surface area (Å²) < 4.78 is 0. The molecule has 178 valence electrons. The van der Waals surface area contributed by atoms with E-state index < -0.39 is 5.54 Å². The summed E-state index contributed by atoms with van der Waals surface area (Å²) in [6.45, 7) is 5.80. The lowest BCUT2D eigenvalue weighted by atomic mass is 9.85. The number of amides is 1. The Hall–Kier alpha value is -3.56. The summed E-state index contributed by atoms with van der Waals surface area (Å²) in [5, 5.41) is 9.65. The first-order valence-electron chi connectivity index (χ1n) is 11.6. The fourth-order valence-corrected chi connectivity index (χ4v) is 4.28. The van der Waals surface area contributed by atoms with Gasteiger partial charge in [-0.15, -0.1) is 0 Å². The van der Waals surface area contributed by atoms with Crippen molar-refractivity contribution in [2.24, 2.45) is 5.73 Å². The summed E-state index contributed by atoms with van der Waals surface area (Å²) in [4.78, 5) is 25.6. The third-order valence-corrected chi connectivity index (χ3v) is 6.15. The normalized spacial score (nSPS) is 17.2. The number of hydrogen-bond acceptors (Lipinski definition) is 8. The number of nitrogen functional groups attached to an aromatic ring is 1. The van der Waals surface area contributed by atoms with Crippen molar-refractivity contribution in [1.82, 2.24) is 20.3 Å². The summed E-state index contributed by atoms with van der Waals surface area (Å²) >= 11 is 0. The molecule has 1 saturated heterocycles. The molecule has 0 radical (unpaired) electrons. The lowest BCUT2D eigenvalue weighted by Gasteiger charge is -2.29. The third-order valence-electron chi connectivity index (χ3n) is 6.15. The van der Waals surface area contributed by atoms with Gasteiger partial charge in [-0.1, -0.05) is 25.5 Å². The van der Waals surface area contributed by atoms with Crippen LogP contribution in [0, 0.1) is 0 Å². The van der Waals surface area contributed by atoms with Crippen molar-refractivity contribution in [3.8, 4) is 0 Å². The Labute approximate surface area is 199 Å². The molecule has 0 spiro atoms. The molecule has 4 rings (SSSR count). The van der Waals surface area contributed by atoms with Gasteiger partial charge in [-0.2, -0.15) is 0 Å². The van der Waals surface area contributed by atoms with Gasteiger partial charge >= 0.3 is 0 Å². The molecule has 34 heavy (non-hydrogen) atoms. The SMILES string of the molecule is CCCc1ccnc(NC(=O)c2ccc([C@@](C)(N)c3c(N)ncnc3N[C@@H]3CCNC3)cc2)c1. The standard InChI is InChI=1S/C25H32N8O/c1-3-4-16-9-12-29-20(13-16)33-24(34)17-5-7-18(8-6-17)25(2,27)21-22(26)30-15-31-23(21)32-19-10-11-28-14-19/h5-9,12-13,15,19,28H,3-4,10-11,14,27H2,1-2H3,(H,29,33,34)(H3,26,30,31,32)/t19-,25-/m1/s1. The molecule has 0 unspecified atom stereocenters. The van der Waals surface area contributed by atoms with Gasteiger partial charge in [-0.3, -0.25) is 4.79 Å². The van der Waals surface area contributed by atoms with Crippen LogP contribution in [0.4, 0.5) is 17.5 Å². The van der Waals surface area contributed by atoms with Crippen LogP contribution in [0.1, 0.15) is 53.7 Å². The summed E-state index contributed by atoms with van der Waals surface area (Å²) in [5.74, 6) is 1.26. The van der Waals surface area contributed by atoms with E-state index in [1.807, 2.05) is 31.2 Å². The first-order valence-corrected chi connectivity index (χ1v) is 11.6. The molecule has 9 nitrogen and oxygen atoms in total. The van der Waals surface area contributed by atoms with Gasteiger partial charge in [-0.25, -0.2) is 15.0 Å². The smallest absolute Gasteiger partial charge is 0.256 e. The molecular weight excluding hydrogens is 428 g/mol. The molecule has 1 amide bonds. The van der Waals surface area contributed by atoms with Crippen LogP contribution in [0.5, 0.6) is 0 Å². The van der Waals surface area contributed by atoms with Gasteiger partial charge in [0.05, 0.1) is 11.1 Å². The van der Waals surface area contributed by atoms with E-state index in [1.165, 1.54) is 6.33 Å². The second kappa shape index (κ2) is 10.1. The van der Waals surface area contributed by atoms with Crippen LogP contribution < -0.4 is 27.4 Å². The van der Waals surface area contributed by atoms with Crippen molar-refractivity contribution in [2.45, 2.75) is 44.7 Å². The third kappa shape index (κ3) is 5.16. The Morgan fingerprint density at radius 2 is 2.00 bits per heavy atom. The fraction of sp³-hybridized carbons (Fsp3) is 0.360. The van der Waals surface area contributed by atoms with Crippen LogP contribution in [0.25, 0.3) is 0 Å². The molecule has 2 atom stereocenters. The average Bonchev–Trinajstić information content (AvgIpc) is 3.32.